The zero-order valence-electron chi connectivity index (χ0n) is 8.35. The van der Waals surface area contributed by atoms with Gasteiger partial charge in [0, 0.05) is 6.42 Å². The van der Waals surface area contributed by atoms with Crippen molar-refractivity contribution in [1.82, 2.24) is 0 Å². The molecule has 0 aromatic rings. The number of esters is 1. The van der Waals surface area contributed by atoms with Crippen LogP contribution in [0.4, 0.5) is 0 Å². The maximum atomic E-state index is 10.9. The van der Waals surface area contributed by atoms with Crippen molar-refractivity contribution in [2.75, 3.05) is 0 Å². The normalized spacial score (nSPS) is 11.3. The van der Waals surface area contributed by atoms with Gasteiger partial charge < -0.3 is 4.74 Å². The van der Waals surface area contributed by atoms with Crippen molar-refractivity contribution in [3.8, 4) is 0 Å². The number of carbonyl (C=O) groups excluding carboxylic acids is 1. The Kier molecular flexibility index (Phi) is 4.95. The van der Waals surface area contributed by atoms with Crippen LogP contribution in [0.15, 0.2) is 0 Å². The van der Waals surface area contributed by atoms with E-state index in [9.17, 15) is 4.79 Å². The minimum atomic E-state index is -0.315. The standard InChI is InChI=1S/C10H19O2/c1-5-7-8-10(3,4)12-9(11)6-2/h2,5-8H2,1,3-4H3. The van der Waals surface area contributed by atoms with Gasteiger partial charge >= 0.3 is 5.97 Å². The Bertz CT molecular complexity index is 139. The largest absolute Gasteiger partial charge is 0.460 e. The lowest BCUT2D eigenvalue weighted by molar-refractivity contribution is -0.156. The minimum absolute atomic E-state index is 0.212. The highest BCUT2D eigenvalue weighted by Gasteiger charge is 2.20. The molecule has 0 aliphatic carbocycles. The van der Waals surface area contributed by atoms with Crippen LogP contribution in [0.3, 0.4) is 0 Å². The van der Waals surface area contributed by atoms with Crippen molar-refractivity contribution in [3.63, 3.8) is 0 Å². The molecule has 1 radical (unpaired) electrons. The highest BCUT2D eigenvalue weighted by Crippen LogP contribution is 2.18. The zero-order valence-corrected chi connectivity index (χ0v) is 8.35. The number of unbranched alkanes of at least 4 members (excludes halogenated alkanes) is 1. The monoisotopic (exact) mass is 171 g/mol. The molecule has 0 saturated carbocycles. The van der Waals surface area contributed by atoms with Gasteiger partial charge in [0.2, 0.25) is 0 Å². The van der Waals surface area contributed by atoms with Crippen molar-refractivity contribution in [1.29, 1.82) is 0 Å². The van der Waals surface area contributed by atoms with Gasteiger partial charge in [-0.15, -0.1) is 0 Å². The number of carbonyl (C=O) groups is 1. The molecule has 0 aromatic carbocycles. The van der Waals surface area contributed by atoms with Gasteiger partial charge in [-0.25, -0.2) is 0 Å². The topological polar surface area (TPSA) is 26.3 Å². The first-order valence-electron chi connectivity index (χ1n) is 4.53. The van der Waals surface area contributed by atoms with E-state index in [0.717, 1.165) is 19.3 Å². The van der Waals surface area contributed by atoms with Gasteiger partial charge in [0.05, 0.1) is 0 Å². The molecular formula is C10H19O2. The van der Waals surface area contributed by atoms with Gasteiger partial charge in [0.15, 0.2) is 0 Å². The lowest BCUT2D eigenvalue weighted by Gasteiger charge is -2.24. The number of ether oxygens (including phenoxy) is 1. The summed E-state index contributed by atoms with van der Waals surface area (Å²) < 4.78 is 5.19. The number of hydrogen-bond acceptors (Lipinski definition) is 2. The van der Waals surface area contributed by atoms with Crippen molar-refractivity contribution >= 4 is 5.97 Å². The molecule has 12 heavy (non-hydrogen) atoms. The third kappa shape index (κ3) is 5.16. The molecule has 0 aliphatic rings. The molecule has 0 aliphatic heterocycles. The molecule has 71 valence electrons. The van der Waals surface area contributed by atoms with E-state index in [4.69, 9.17) is 4.74 Å². The average molecular weight is 171 g/mol. The predicted molar refractivity (Wildman–Crippen MR) is 49.7 cm³/mol. The Labute approximate surface area is 75.3 Å². The van der Waals surface area contributed by atoms with Crippen molar-refractivity contribution < 1.29 is 9.53 Å². The molecular weight excluding hydrogens is 152 g/mol. The van der Waals surface area contributed by atoms with Crippen LogP contribution in [0.1, 0.15) is 46.5 Å². The summed E-state index contributed by atoms with van der Waals surface area (Å²) in [6.45, 7) is 9.48. The third-order valence-electron chi connectivity index (χ3n) is 1.73. The van der Waals surface area contributed by atoms with E-state index < -0.39 is 0 Å². The molecule has 0 bridgehead atoms. The molecule has 0 heterocycles. The first-order chi connectivity index (χ1) is 5.52. The van der Waals surface area contributed by atoms with Crippen molar-refractivity contribution in [3.05, 3.63) is 6.92 Å². The van der Waals surface area contributed by atoms with E-state index in [1.807, 2.05) is 13.8 Å². The Morgan fingerprint density at radius 2 is 2.08 bits per heavy atom. The van der Waals surface area contributed by atoms with Crippen LogP contribution in [-0.4, -0.2) is 11.6 Å². The van der Waals surface area contributed by atoms with Crippen LogP contribution in [0.2, 0.25) is 0 Å². The Balaban J connectivity index is 3.77. The maximum Gasteiger partial charge on any atom is 0.306 e. The fourth-order valence-electron chi connectivity index (χ4n) is 1.01. The van der Waals surface area contributed by atoms with E-state index >= 15 is 0 Å². The summed E-state index contributed by atoms with van der Waals surface area (Å²) in [6, 6.07) is 0. The van der Waals surface area contributed by atoms with E-state index in [-0.39, 0.29) is 18.0 Å². The summed E-state index contributed by atoms with van der Waals surface area (Å²) in [7, 11) is 0. The molecule has 0 rings (SSSR count). The predicted octanol–water partition coefficient (Wildman–Crippen LogP) is 2.72. The first-order valence-corrected chi connectivity index (χ1v) is 4.53. The number of rotatable bonds is 5. The third-order valence-corrected chi connectivity index (χ3v) is 1.73. The fourth-order valence-corrected chi connectivity index (χ4v) is 1.01. The van der Waals surface area contributed by atoms with Crippen LogP contribution in [0.5, 0.6) is 0 Å². The van der Waals surface area contributed by atoms with Crippen LogP contribution < -0.4 is 0 Å². The van der Waals surface area contributed by atoms with Gasteiger partial charge in [-0.05, 0) is 33.6 Å². The molecule has 0 fully saturated rings. The summed E-state index contributed by atoms with van der Waals surface area (Å²) >= 11 is 0. The van der Waals surface area contributed by atoms with Crippen LogP contribution in [-0.2, 0) is 9.53 Å². The van der Waals surface area contributed by atoms with Gasteiger partial charge in [0.1, 0.15) is 5.60 Å². The average Bonchev–Trinajstić information content (AvgIpc) is 2.00. The van der Waals surface area contributed by atoms with Crippen LogP contribution in [0.25, 0.3) is 0 Å². The van der Waals surface area contributed by atoms with E-state index in [1.165, 1.54) is 0 Å². The maximum absolute atomic E-state index is 10.9. The SMILES string of the molecule is [CH2]CC(=O)OC(C)(C)CCCC. The van der Waals surface area contributed by atoms with E-state index in [1.54, 1.807) is 0 Å². The molecule has 2 nitrogen and oxygen atoms in total. The van der Waals surface area contributed by atoms with Crippen molar-refractivity contribution in [2.45, 2.75) is 52.1 Å². The highest BCUT2D eigenvalue weighted by molar-refractivity contribution is 5.70. The second kappa shape index (κ2) is 5.18. The van der Waals surface area contributed by atoms with Crippen molar-refractivity contribution in [2.24, 2.45) is 0 Å². The van der Waals surface area contributed by atoms with Crippen LogP contribution in [0, 0.1) is 6.92 Å². The molecule has 0 spiro atoms. The molecule has 0 unspecified atom stereocenters. The molecule has 0 aromatic heterocycles. The molecule has 0 amide bonds. The van der Waals surface area contributed by atoms with Gasteiger partial charge in [-0.3, -0.25) is 4.79 Å². The molecule has 0 N–H and O–H groups in total. The molecule has 0 atom stereocenters. The number of hydrogen-bond donors (Lipinski definition) is 0. The summed E-state index contributed by atoms with van der Waals surface area (Å²) in [5, 5.41) is 0. The van der Waals surface area contributed by atoms with E-state index in [0.29, 0.717) is 0 Å². The minimum Gasteiger partial charge on any atom is -0.460 e. The Morgan fingerprint density at radius 1 is 1.50 bits per heavy atom. The lowest BCUT2D eigenvalue weighted by Crippen LogP contribution is -2.27. The highest BCUT2D eigenvalue weighted by atomic mass is 16.6. The Hall–Kier alpha value is -0.530. The van der Waals surface area contributed by atoms with Crippen LogP contribution >= 0.6 is 0 Å². The van der Waals surface area contributed by atoms with E-state index in [2.05, 4.69) is 13.8 Å². The van der Waals surface area contributed by atoms with Gasteiger partial charge in [-0.1, -0.05) is 13.3 Å². The second-order valence-corrected chi connectivity index (χ2v) is 3.59. The Morgan fingerprint density at radius 3 is 2.50 bits per heavy atom. The molecule has 0 saturated heterocycles. The zero-order chi connectivity index (χ0) is 9.61. The smallest absolute Gasteiger partial charge is 0.306 e. The van der Waals surface area contributed by atoms with Gasteiger partial charge in [-0.2, -0.15) is 0 Å². The van der Waals surface area contributed by atoms with Gasteiger partial charge in [0.25, 0.3) is 0 Å². The lowest BCUT2D eigenvalue weighted by atomic mass is 10.0. The summed E-state index contributed by atoms with van der Waals surface area (Å²) in [6.07, 6.45) is 3.37. The first kappa shape index (κ1) is 11.5. The summed E-state index contributed by atoms with van der Waals surface area (Å²) in [5.41, 5.74) is -0.315. The quantitative estimate of drug-likeness (QED) is 0.594. The summed E-state index contributed by atoms with van der Waals surface area (Å²) in [4.78, 5) is 10.9. The molecule has 2 heteroatoms. The second-order valence-electron chi connectivity index (χ2n) is 3.59. The summed E-state index contributed by atoms with van der Waals surface area (Å²) in [5.74, 6) is -0.212. The fraction of sp³-hybridized carbons (Fsp3) is 0.800.